The molecule has 1 rings (SSSR count). The molecule has 0 saturated heterocycles. The van der Waals surface area contributed by atoms with Crippen LogP contribution < -0.4 is 10.1 Å². The van der Waals surface area contributed by atoms with Gasteiger partial charge in [-0.1, -0.05) is 32.0 Å². The highest BCUT2D eigenvalue weighted by Gasteiger charge is 2.23. The molecule has 0 bridgehead atoms. The lowest BCUT2D eigenvalue weighted by Gasteiger charge is -2.31. The van der Waals surface area contributed by atoms with Crippen molar-refractivity contribution in [3.8, 4) is 5.75 Å². The van der Waals surface area contributed by atoms with Crippen molar-refractivity contribution in [3.05, 3.63) is 29.8 Å². The minimum absolute atomic E-state index is 0.117. The zero-order valence-electron chi connectivity index (χ0n) is 13.4. The van der Waals surface area contributed by atoms with Crippen LogP contribution in [0.4, 0.5) is 0 Å². The molecule has 0 aromatic heterocycles. The van der Waals surface area contributed by atoms with Gasteiger partial charge in [-0.15, -0.1) is 0 Å². The molecule has 3 N–H and O–H groups in total. The highest BCUT2D eigenvalue weighted by atomic mass is 16.5. The zero-order valence-corrected chi connectivity index (χ0v) is 13.4. The molecule has 4 heteroatoms. The van der Waals surface area contributed by atoms with Gasteiger partial charge in [0.1, 0.15) is 5.75 Å². The van der Waals surface area contributed by atoms with Crippen LogP contribution in [0.25, 0.3) is 0 Å². The molecule has 0 fully saturated rings. The second-order valence-electron chi connectivity index (χ2n) is 6.05. The van der Waals surface area contributed by atoms with E-state index in [1.807, 2.05) is 31.2 Å². The van der Waals surface area contributed by atoms with Gasteiger partial charge in [0.15, 0.2) is 0 Å². The van der Waals surface area contributed by atoms with Crippen LogP contribution in [-0.4, -0.2) is 41.6 Å². The Bertz CT molecular complexity index is 409. The molecule has 1 aromatic rings. The van der Waals surface area contributed by atoms with Crippen molar-refractivity contribution >= 4 is 0 Å². The highest BCUT2D eigenvalue weighted by molar-refractivity contribution is 5.33. The van der Waals surface area contributed by atoms with Crippen molar-refractivity contribution in [3.63, 3.8) is 0 Å². The standard InChI is InChI=1S/C17H29NO3/c1-14(2)18-17(3,13-20)10-6-12-21-16-8-5-4-7-15(16)9-11-19/h4-5,7-8,14,18-20H,6,9-13H2,1-3H3. The number of ether oxygens (including phenoxy) is 1. The highest BCUT2D eigenvalue weighted by Crippen LogP contribution is 2.19. The third-order valence-corrected chi connectivity index (χ3v) is 3.47. The molecule has 1 aromatic carbocycles. The van der Waals surface area contributed by atoms with E-state index >= 15 is 0 Å². The molecule has 0 aliphatic heterocycles. The number of aliphatic hydroxyl groups is 2. The van der Waals surface area contributed by atoms with E-state index in [0.29, 0.717) is 19.1 Å². The van der Waals surface area contributed by atoms with Crippen molar-refractivity contribution < 1.29 is 14.9 Å². The molecular formula is C17H29NO3. The van der Waals surface area contributed by atoms with Crippen LogP contribution in [0.1, 0.15) is 39.2 Å². The first-order chi connectivity index (χ1) is 10.0. The van der Waals surface area contributed by atoms with Gasteiger partial charge in [-0.2, -0.15) is 0 Å². The molecule has 0 aliphatic carbocycles. The first-order valence-corrected chi connectivity index (χ1v) is 7.71. The molecule has 0 radical (unpaired) electrons. The van der Waals surface area contributed by atoms with Gasteiger partial charge in [0.2, 0.25) is 0 Å². The summed E-state index contributed by atoms with van der Waals surface area (Å²) in [7, 11) is 0. The normalized spacial score (nSPS) is 14.2. The van der Waals surface area contributed by atoms with Crippen LogP contribution in [0.3, 0.4) is 0 Å². The van der Waals surface area contributed by atoms with Crippen LogP contribution in [0.2, 0.25) is 0 Å². The third-order valence-electron chi connectivity index (χ3n) is 3.47. The molecule has 0 aliphatic rings. The lowest BCUT2D eigenvalue weighted by molar-refractivity contribution is 0.147. The Kier molecular flexibility index (Phi) is 7.72. The topological polar surface area (TPSA) is 61.7 Å². The van der Waals surface area contributed by atoms with Crippen LogP contribution in [-0.2, 0) is 6.42 Å². The molecule has 1 atom stereocenters. The van der Waals surface area contributed by atoms with Gasteiger partial charge < -0.3 is 20.3 Å². The van der Waals surface area contributed by atoms with E-state index in [-0.39, 0.29) is 18.8 Å². The summed E-state index contributed by atoms with van der Waals surface area (Å²) in [6.45, 7) is 7.04. The summed E-state index contributed by atoms with van der Waals surface area (Å²) in [4.78, 5) is 0. The number of para-hydroxylation sites is 1. The van der Waals surface area contributed by atoms with Crippen molar-refractivity contribution in [2.24, 2.45) is 0 Å². The lowest BCUT2D eigenvalue weighted by Crippen LogP contribution is -2.49. The van der Waals surface area contributed by atoms with Gasteiger partial charge in [-0.25, -0.2) is 0 Å². The molecule has 0 heterocycles. The Morgan fingerprint density at radius 2 is 1.95 bits per heavy atom. The smallest absolute Gasteiger partial charge is 0.122 e. The van der Waals surface area contributed by atoms with Crippen molar-refractivity contribution in [1.29, 1.82) is 0 Å². The van der Waals surface area contributed by atoms with Gasteiger partial charge in [0.05, 0.1) is 13.2 Å². The van der Waals surface area contributed by atoms with Crippen molar-refractivity contribution in [1.82, 2.24) is 5.32 Å². The van der Waals surface area contributed by atoms with E-state index in [9.17, 15) is 5.11 Å². The largest absolute Gasteiger partial charge is 0.493 e. The van der Waals surface area contributed by atoms with Gasteiger partial charge in [0.25, 0.3) is 0 Å². The average molecular weight is 295 g/mol. The Morgan fingerprint density at radius 3 is 2.57 bits per heavy atom. The molecular weight excluding hydrogens is 266 g/mol. The second kappa shape index (κ2) is 9.03. The molecule has 0 amide bonds. The number of hydrogen-bond donors (Lipinski definition) is 3. The first kappa shape index (κ1) is 18.0. The quantitative estimate of drug-likeness (QED) is 0.579. The van der Waals surface area contributed by atoms with Crippen molar-refractivity contribution in [2.45, 2.75) is 51.6 Å². The van der Waals surface area contributed by atoms with E-state index in [2.05, 4.69) is 19.2 Å². The molecule has 0 saturated carbocycles. The number of rotatable bonds is 10. The van der Waals surface area contributed by atoms with Gasteiger partial charge in [-0.05, 0) is 37.8 Å². The fourth-order valence-corrected chi connectivity index (χ4v) is 2.51. The van der Waals surface area contributed by atoms with Crippen LogP contribution in [0.15, 0.2) is 24.3 Å². The van der Waals surface area contributed by atoms with E-state index in [1.54, 1.807) is 0 Å². The Hall–Kier alpha value is -1.10. The summed E-state index contributed by atoms with van der Waals surface area (Å²) in [5, 5.41) is 22.0. The summed E-state index contributed by atoms with van der Waals surface area (Å²) in [6.07, 6.45) is 2.33. The second-order valence-corrected chi connectivity index (χ2v) is 6.05. The van der Waals surface area contributed by atoms with E-state index in [4.69, 9.17) is 9.84 Å². The van der Waals surface area contributed by atoms with Gasteiger partial charge >= 0.3 is 0 Å². The molecule has 4 nitrogen and oxygen atoms in total. The van der Waals surface area contributed by atoms with Crippen LogP contribution in [0, 0.1) is 0 Å². The maximum atomic E-state index is 9.53. The van der Waals surface area contributed by atoms with Crippen LogP contribution in [0.5, 0.6) is 5.75 Å². The Balaban J connectivity index is 2.43. The van der Waals surface area contributed by atoms with E-state index < -0.39 is 0 Å². The summed E-state index contributed by atoms with van der Waals surface area (Å²) in [6, 6.07) is 8.14. The zero-order chi connectivity index (χ0) is 15.7. The van der Waals surface area contributed by atoms with Crippen molar-refractivity contribution in [2.75, 3.05) is 19.8 Å². The lowest BCUT2D eigenvalue weighted by atomic mass is 9.96. The Morgan fingerprint density at radius 1 is 1.24 bits per heavy atom. The van der Waals surface area contributed by atoms with Crippen LogP contribution >= 0.6 is 0 Å². The van der Waals surface area contributed by atoms with E-state index in [1.165, 1.54) is 0 Å². The monoisotopic (exact) mass is 295 g/mol. The first-order valence-electron chi connectivity index (χ1n) is 7.71. The molecule has 21 heavy (non-hydrogen) atoms. The fourth-order valence-electron chi connectivity index (χ4n) is 2.51. The molecule has 1 unspecified atom stereocenters. The molecule has 120 valence electrons. The third kappa shape index (κ3) is 6.46. The summed E-state index contributed by atoms with van der Waals surface area (Å²) in [5.41, 5.74) is 0.771. The number of benzene rings is 1. The maximum Gasteiger partial charge on any atom is 0.122 e. The van der Waals surface area contributed by atoms with E-state index in [0.717, 1.165) is 24.2 Å². The fraction of sp³-hybridized carbons (Fsp3) is 0.647. The van der Waals surface area contributed by atoms with Gasteiger partial charge in [0, 0.05) is 18.2 Å². The molecule has 0 spiro atoms. The predicted octanol–water partition coefficient (Wildman–Crippen LogP) is 2.13. The summed E-state index contributed by atoms with van der Waals surface area (Å²) >= 11 is 0. The summed E-state index contributed by atoms with van der Waals surface area (Å²) < 4.78 is 5.81. The van der Waals surface area contributed by atoms with Gasteiger partial charge in [-0.3, -0.25) is 0 Å². The predicted molar refractivity (Wildman–Crippen MR) is 85.7 cm³/mol. The minimum Gasteiger partial charge on any atom is -0.493 e. The number of hydrogen-bond acceptors (Lipinski definition) is 4. The number of aliphatic hydroxyl groups excluding tert-OH is 2. The summed E-state index contributed by atoms with van der Waals surface area (Å²) in [5.74, 6) is 0.842. The maximum absolute atomic E-state index is 9.53. The SMILES string of the molecule is CC(C)NC(C)(CO)CCCOc1ccccc1CCO. The average Bonchev–Trinajstić information content (AvgIpc) is 2.45. The Labute approximate surface area is 128 Å². The number of nitrogens with one attached hydrogen (secondary N) is 1. The minimum atomic E-state index is -0.262.